The minimum Gasteiger partial charge on any atom is -0.444 e. The van der Waals surface area contributed by atoms with E-state index < -0.39 is 5.60 Å². The molecule has 18 heavy (non-hydrogen) atoms. The molecule has 4 nitrogen and oxygen atoms in total. The van der Waals surface area contributed by atoms with E-state index in [9.17, 15) is 4.79 Å². The Morgan fingerprint density at radius 2 is 1.67 bits per heavy atom. The van der Waals surface area contributed by atoms with E-state index in [4.69, 9.17) is 4.74 Å². The Labute approximate surface area is 111 Å². The van der Waals surface area contributed by atoms with Gasteiger partial charge in [0, 0.05) is 5.54 Å². The Morgan fingerprint density at radius 1 is 1.17 bits per heavy atom. The number of nitrogens with one attached hydrogen (secondary N) is 2. The maximum atomic E-state index is 11.9. The van der Waals surface area contributed by atoms with Crippen molar-refractivity contribution in [1.29, 1.82) is 0 Å². The molecule has 1 fully saturated rings. The van der Waals surface area contributed by atoms with Crippen molar-refractivity contribution in [3.63, 3.8) is 0 Å². The second-order valence-electron chi connectivity index (χ2n) is 7.35. The van der Waals surface area contributed by atoms with Gasteiger partial charge in [0.15, 0.2) is 0 Å². The Balaban J connectivity index is 2.73. The van der Waals surface area contributed by atoms with Crippen LogP contribution in [-0.4, -0.2) is 30.3 Å². The van der Waals surface area contributed by atoms with Gasteiger partial charge in [0.05, 0.1) is 6.04 Å². The summed E-state index contributed by atoms with van der Waals surface area (Å²) in [6, 6.07) is 0.0739. The molecule has 1 aliphatic rings. The van der Waals surface area contributed by atoms with Gasteiger partial charge in [-0.25, -0.2) is 4.79 Å². The van der Waals surface area contributed by atoms with Crippen LogP contribution < -0.4 is 10.6 Å². The highest BCUT2D eigenvalue weighted by Gasteiger charge is 2.53. The van der Waals surface area contributed by atoms with Gasteiger partial charge < -0.3 is 15.4 Å². The van der Waals surface area contributed by atoms with Crippen LogP contribution in [0.3, 0.4) is 0 Å². The highest BCUT2D eigenvalue weighted by molar-refractivity contribution is 5.68. The minimum atomic E-state index is -0.455. The van der Waals surface area contributed by atoms with Crippen LogP contribution in [0.4, 0.5) is 4.79 Å². The molecular weight excluding hydrogens is 228 g/mol. The van der Waals surface area contributed by atoms with Gasteiger partial charge in [-0.05, 0) is 46.1 Å². The zero-order chi connectivity index (χ0) is 14.2. The molecule has 1 atom stereocenters. The lowest BCUT2D eigenvalue weighted by atomic mass is 9.80. The number of carbonyl (C=O) groups excluding carboxylic acids is 1. The van der Waals surface area contributed by atoms with E-state index >= 15 is 0 Å². The van der Waals surface area contributed by atoms with Crippen LogP contribution in [0.25, 0.3) is 0 Å². The topological polar surface area (TPSA) is 50.4 Å². The summed E-state index contributed by atoms with van der Waals surface area (Å²) >= 11 is 0. The van der Waals surface area contributed by atoms with E-state index in [1.54, 1.807) is 0 Å². The molecule has 1 unspecified atom stereocenters. The number of alkyl carbamates (subject to hydrolysis) is 1. The Morgan fingerprint density at radius 3 is 1.94 bits per heavy atom. The average Bonchev–Trinajstić information content (AvgIpc) is 2.90. The molecule has 1 aliphatic carbocycles. The van der Waals surface area contributed by atoms with Crippen LogP contribution in [0.5, 0.6) is 0 Å². The first-order valence-corrected chi connectivity index (χ1v) is 6.69. The first-order valence-electron chi connectivity index (χ1n) is 6.69. The van der Waals surface area contributed by atoms with Crippen LogP contribution in [0.15, 0.2) is 0 Å². The fourth-order valence-electron chi connectivity index (χ4n) is 2.43. The van der Waals surface area contributed by atoms with Gasteiger partial charge in [-0.3, -0.25) is 0 Å². The maximum absolute atomic E-state index is 11.9. The van der Waals surface area contributed by atoms with Crippen LogP contribution >= 0.6 is 0 Å². The predicted octanol–water partition coefficient (Wildman–Crippen LogP) is 2.68. The van der Waals surface area contributed by atoms with Gasteiger partial charge in [-0.15, -0.1) is 0 Å². The minimum absolute atomic E-state index is 0.00356. The number of likely N-dealkylation sites (N-methyl/N-ethyl adjacent to an activating group) is 1. The fourth-order valence-corrected chi connectivity index (χ4v) is 2.43. The summed E-state index contributed by atoms with van der Waals surface area (Å²) in [4.78, 5) is 11.9. The zero-order valence-corrected chi connectivity index (χ0v) is 12.8. The second kappa shape index (κ2) is 4.72. The third kappa shape index (κ3) is 3.87. The maximum Gasteiger partial charge on any atom is 0.407 e. The quantitative estimate of drug-likeness (QED) is 0.816. The molecule has 0 aromatic carbocycles. The van der Waals surface area contributed by atoms with E-state index in [1.807, 2.05) is 27.8 Å². The molecule has 0 radical (unpaired) electrons. The molecular formula is C14H28N2O2. The first kappa shape index (κ1) is 15.3. The number of carbonyl (C=O) groups is 1. The van der Waals surface area contributed by atoms with Crippen molar-refractivity contribution in [3.05, 3.63) is 0 Å². The van der Waals surface area contributed by atoms with Crippen molar-refractivity contribution in [2.45, 2.75) is 71.6 Å². The lowest BCUT2D eigenvalue weighted by molar-refractivity contribution is 0.0432. The largest absolute Gasteiger partial charge is 0.444 e. The van der Waals surface area contributed by atoms with Gasteiger partial charge in [0.2, 0.25) is 0 Å². The standard InChI is InChI=1S/C14H28N2O2/c1-12(2,3)10(14(15-7)8-9-14)16-11(17)18-13(4,5)6/h10,15H,8-9H2,1-7H3,(H,16,17). The Kier molecular flexibility index (Phi) is 4.01. The molecule has 1 saturated carbocycles. The van der Waals surface area contributed by atoms with Crippen molar-refractivity contribution >= 4 is 6.09 Å². The number of hydrogen-bond donors (Lipinski definition) is 2. The predicted molar refractivity (Wildman–Crippen MR) is 73.6 cm³/mol. The normalized spacial score (nSPS) is 20.2. The van der Waals surface area contributed by atoms with Crippen LogP contribution in [0.1, 0.15) is 54.4 Å². The Hall–Kier alpha value is -0.770. The van der Waals surface area contributed by atoms with E-state index in [0.717, 1.165) is 12.8 Å². The molecule has 1 amide bonds. The monoisotopic (exact) mass is 256 g/mol. The number of ether oxygens (including phenoxy) is 1. The van der Waals surface area contributed by atoms with Crippen molar-refractivity contribution in [2.24, 2.45) is 5.41 Å². The summed E-state index contributed by atoms with van der Waals surface area (Å²) in [7, 11) is 1.96. The molecule has 2 N–H and O–H groups in total. The van der Waals surface area contributed by atoms with E-state index in [2.05, 4.69) is 31.4 Å². The lowest BCUT2D eigenvalue weighted by Crippen LogP contribution is -2.58. The summed E-state index contributed by atoms with van der Waals surface area (Å²) in [5.41, 5.74) is -0.422. The molecule has 0 aromatic rings. The van der Waals surface area contributed by atoms with Gasteiger partial charge in [0.1, 0.15) is 5.60 Å². The third-order valence-corrected chi connectivity index (χ3v) is 3.37. The number of hydrogen-bond acceptors (Lipinski definition) is 3. The molecule has 0 aromatic heterocycles. The van der Waals surface area contributed by atoms with Crippen LogP contribution in [-0.2, 0) is 4.74 Å². The van der Waals surface area contributed by atoms with E-state index in [0.29, 0.717) is 0 Å². The summed E-state index contributed by atoms with van der Waals surface area (Å²) in [6.07, 6.45) is 1.87. The number of amides is 1. The lowest BCUT2D eigenvalue weighted by Gasteiger charge is -2.38. The average molecular weight is 256 g/mol. The number of rotatable bonds is 3. The summed E-state index contributed by atoms with van der Waals surface area (Å²) < 4.78 is 5.35. The van der Waals surface area contributed by atoms with Crippen molar-refractivity contribution in [3.8, 4) is 0 Å². The molecule has 0 spiro atoms. The van der Waals surface area contributed by atoms with Crippen molar-refractivity contribution in [1.82, 2.24) is 10.6 Å². The summed E-state index contributed by atoms with van der Waals surface area (Å²) in [5.74, 6) is 0. The van der Waals surface area contributed by atoms with Gasteiger partial charge in [-0.2, -0.15) is 0 Å². The van der Waals surface area contributed by atoms with Gasteiger partial charge >= 0.3 is 6.09 Å². The highest BCUT2D eigenvalue weighted by Crippen LogP contribution is 2.44. The van der Waals surface area contributed by atoms with Crippen LogP contribution in [0, 0.1) is 5.41 Å². The molecule has 0 saturated heterocycles. The smallest absolute Gasteiger partial charge is 0.407 e. The zero-order valence-electron chi connectivity index (χ0n) is 12.8. The van der Waals surface area contributed by atoms with E-state index in [1.165, 1.54) is 0 Å². The molecule has 0 aliphatic heterocycles. The Bertz CT molecular complexity index is 309. The van der Waals surface area contributed by atoms with Crippen LogP contribution in [0.2, 0.25) is 0 Å². The first-order chi connectivity index (χ1) is 8.00. The molecule has 1 rings (SSSR count). The molecule has 0 heterocycles. The summed E-state index contributed by atoms with van der Waals surface area (Å²) in [5, 5.41) is 6.40. The molecule has 0 bridgehead atoms. The second-order valence-corrected chi connectivity index (χ2v) is 7.35. The van der Waals surface area contributed by atoms with E-state index in [-0.39, 0.29) is 23.1 Å². The fraction of sp³-hybridized carbons (Fsp3) is 0.929. The molecule has 4 heteroatoms. The van der Waals surface area contributed by atoms with Crippen molar-refractivity contribution in [2.75, 3.05) is 7.05 Å². The van der Waals surface area contributed by atoms with Gasteiger partial charge in [0.25, 0.3) is 0 Å². The SMILES string of the molecule is CNC1(C(NC(=O)OC(C)(C)C)C(C)(C)C)CC1. The molecule has 106 valence electrons. The highest BCUT2D eigenvalue weighted by atomic mass is 16.6. The summed E-state index contributed by atoms with van der Waals surface area (Å²) in [6.45, 7) is 12.1. The van der Waals surface area contributed by atoms with Crippen molar-refractivity contribution < 1.29 is 9.53 Å². The third-order valence-electron chi connectivity index (χ3n) is 3.37. The van der Waals surface area contributed by atoms with Gasteiger partial charge in [-0.1, -0.05) is 20.8 Å².